The molecule has 0 aliphatic carbocycles. The van der Waals surface area contributed by atoms with Crippen LogP contribution in [-0.4, -0.2) is 35.5 Å². The summed E-state index contributed by atoms with van der Waals surface area (Å²) < 4.78 is 13.3. The van der Waals surface area contributed by atoms with E-state index in [4.69, 9.17) is 0 Å². The quantitative estimate of drug-likeness (QED) is 0.875. The molecule has 0 aromatic heterocycles. The van der Waals surface area contributed by atoms with Crippen LogP contribution in [0.4, 0.5) is 9.18 Å². The van der Waals surface area contributed by atoms with Gasteiger partial charge in [-0.05, 0) is 44.4 Å². The van der Waals surface area contributed by atoms with Crippen LogP contribution in [0.2, 0.25) is 0 Å². The van der Waals surface area contributed by atoms with Crippen molar-refractivity contribution in [2.75, 3.05) is 6.54 Å². The smallest absolute Gasteiger partial charge is 0.318 e. The van der Waals surface area contributed by atoms with Crippen molar-refractivity contribution < 1.29 is 14.0 Å². The number of nitrogens with zero attached hydrogens (tertiary/aromatic N) is 1. The Kier molecular flexibility index (Phi) is 5.96. The van der Waals surface area contributed by atoms with E-state index in [1.54, 1.807) is 17.0 Å². The molecule has 0 unspecified atom stereocenters. The minimum Gasteiger partial charge on any atom is -0.352 e. The van der Waals surface area contributed by atoms with Gasteiger partial charge in [0.15, 0.2) is 0 Å². The number of halogens is 1. The third-order valence-corrected chi connectivity index (χ3v) is 3.95. The molecule has 1 aliphatic heterocycles. The highest BCUT2D eigenvalue weighted by Crippen LogP contribution is 2.11. The molecule has 1 heterocycles. The number of amides is 3. The van der Waals surface area contributed by atoms with Gasteiger partial charge in [-0.15, -0.1) is 0 Å². The van der Waals surface area contributed by atoms with Crippen molar-refractivity contribution in [3.8, 4) is 0 Å². The van der Waals surface area contributed by atoms with Crippen LogP contribution in [0.1, 0.15) is 38.7 Å². The van der Waals surface area contributed by atoms with Gasteiger partial charge in [-0.2, -0.15) is 0 Å². The zero-order valence-electron chi connectivity index (χ0n) is 13.6. The van der Waals surface area contributed by atoms with E-state index in [1.165, 1.54) is 12.1 Å². The molecule has 1 atom stereocenters. The Hall–Kier alpha value is -2.11. The highest BCUT2D eigenvalue weighted by atomic mass is 19.1. The summed E-state index contributed by atoms with van der Waals surface area (Å²) in [6, 6.07) is 6.02. The predicted octanol–water partition coefficient (Wildman–Crippen LogP) is 2.41. The van der Waals surface area contributed by atoms with Crippen LogP contribution < -0.4 is 10.6 Å². The van der Waals surface area contributed by atoms with Gasteiger partial charge in [-0.3, -0.25) is 4.79 Å². The molecule has 1 fully saturated rings. The fraction of sp³-hybridized carbons (Fsp3) is 0.529. The molecule has 6 heteroatoms. The van der Waals surface area contributed by atoms with Crippen molar-refractivity contribution in [3.63, 3.8) is 0 Å². The number of urea groups is 1. The summed E-state index contributed by atoms with van der Waals surface area (Å²) >= 11 is 0. The molecule has 126 valence electrons. The maximum Gasteiger partial charge on any atom is 0.318 e. The second-order valence-corrected chi connectivity index (χ2v) is 6.19. The topological polar surface area (TPSA) is 61.4 Å². The summed E-state index contributed by atoms with van der Waals surface area (Å²) in [5.74, 6) is -0.271. The van der Waals surface area contributed by atoms with Crippen LogP contribution in [0.25, 0.3) is 0 Å². The lowest BCUT2D eigenvalue weighted by atomic mass is 10.0. The van der Waals surface area contributed by atoms with E-state index in [2.05, 4.69) is 10.6 Å². The van der Waals surface area contributed by atoms with Crippen molar-refractivity contribution in [1.82, 2.24) is 15.5 Å². The first-order valence-electron chi connectivity index (χ1n) is 8.04. The minimum absolute atomic E-state index is 0.0108. The number of carbonyl (C=O) groups excluding carboxylic acids is 2. The lowest BCUT2D eigenvalue weighted by Gasteiger charge is -2.29. The van der Waals surface area contributed by atoms with Crippen LogP contribution >= 0.6 is 0 Å². The molecule has 2 N–H and O–H groups in total. The Bertz CT molecular complexity index is 563. The van der Waals surface area contributed by atoms with Crippen molar-refractivity contribution in [3.05, 3.63) is 35.6 Å². The van der Waals surface area contributed by atoms with Gasteiger partial charge in [-0.1, -0.05) is 12.1 Å². The van der Waals surface area contributed by atoms with E-state index >= 15 is 0 Å². The largest absolute Gasteiger partial charge is 0.352 e. The standard InChI is InChI=1S/C17H24FN3O2/c1-12(2)21(11-13-5-3-6-14(18)9-13)17(23)19-10-15-7-4-8-16(22)20-15/h3,5-6,9,12,15H,4,7-8,10-11H2,1-2H3,(H,19,23)(H,20,22)/t15-/m1/s1. The van der Waals surface area contributed by atoms with Crippen molar-refractivity contribution in [2.24, 2.45) is 0 Å². The fourth-order valence-corrected chi connectivity index (χ4v) is 2.67. The van der Waals surface area contributed by atoms with E-state index in [1.807, 2.05) is 13.8 Å². The number of nitrogens with one attached hydrogen (secondary N) is 2. The normalized spacial score (nSPS) is 17.7. The molecule has 0 radical (unpaired) electrons. The van der Waals surface area contributed by atoms with Crippen molar-refractivity contribution in [2.45, 2.75) is 51.7 Å². The summed E-state index contributed by atoms with van der Waals surface area (Å²) in [7, 11) is 0. The third kappa shape index (κ3) is 5.23. The average Bonchev–Trinajstić information content (AvgIpc) is 2.50. The molecule has 5 nitrogen and oxygen atoms in total. The summed E-state index contributed by atoms with van der Waals surface area (Å²) in [5.41, 5.74) is 0.750. The van der Waals surface area contributed by atoms with Crippen LogP contribution in [0.15, 0.2) is 24.3 Å². The molecule has 1 aliphatic rings. The number of carbonyl (C=O) groups is 2. The van der Waals surface area contributed by atoms with Crippen LogP contribution in [0.5, 0.6) is 0 Å². The lowest BCUT2D eigenvalue weighted by molar-refractivity contribution is -0.123. The highest BCUT2D eigenvalue weighted by Gasteiger charge is 2.21. The Labute approximate surface area is 136 Å². The van der Waals surface area contributed by atoms with Crippen molar-refractivity contribution >= 4 is 11.9 Å². The number of benzene rings is 1. The molecule has 1 aromatic carbocycles. The Balaban J connectivity index is 1.91. The van der Waals surface area contributed by atoms with E-state index in [0.29, 0.717) is 19.5 Å². The number of rotatable bonds is 5. The molecule has 0 spiro atoms. The molecule has 2 rings (SSSR count). The molecule has 3 amide bonds. The van der Waals surface area contributed by atoms with Gasteiger partial charge in [0, 0.05) is 31.6 Å². The van der Waals surface area contributed by atoms with Crippen LogP contribution in [0.3, 0.4) is 0 Å². The molecule has 1 saturated heterocycles. The van der Waals surface area contributed by atoms with Gasteiger partial charge in [0.25, 0.3) is 0 Å². The number of piperidine rings is 1. The summed E-state index contributed by atoms with van der Waals surface area (Å²) in [6.07, 6.45) is 2.28. The first kappa shape index (κ1) is 17.2. The fourth-order valence-electron chi connectivity index (χ4n) is 2.67. The van der Waals surface area contributed by atoms with Gasteiger partial charge in [0.2, 0.25) is 5.91 Å². The molecular formula is C17H24FN3O2. The lowest BCUT2D eigenvalue weighted by Crippen LogP contribution is -2.50. The van der Waals surface area contributed by atoms with Crippen LogP contribution in [0, 0.1) is 5.82 Å². The van der Waals surface area contributed by atoms with Gasteiger partial charge in [-0.25, -0.2) is 9.18 Å². The second kappa shape index (κ2) is 7.94. The Morgan fingerprint density at radius 1 is 1.48 bits per heavy atom. The highest BCUT2D eigenvalue weighted by molar-refractivity contribution is 5.77. The molecule has 0 saturated carbocycles. The predicted molar refractivity (Wildman–Crippen MR) is 86.3 cm³/mol. The number of hydrogen-bond acceptors (Lipinski definition) is 2. The zero-order chi connectivity index (χ0) is 16.8. The van der Waals surface area contributed by atoms with Gasteiger partial charge >= 0.3 is 6.03 Å². The van der Waals surface area contributed by atoms with Gasteiger partial charge < -0.3 is 15.5 Å². The molecule has 23 heavy (non-hydrogen) atoms. The van der Waals surface area contributed by atoms with Gasteiger partial charge in [0.05, 0.1) is 0 Å². The van der Waals surface area contributed by atoms with Gasteiger partial charge in [0.1, 0.15) is 5.82 Å². The average molecular weight is 321 g/mol. The third-order valence-electron chi connectivity index (χ3n) is 3.95. The minimum atomic E-state index is -0.309. The number of hydrogen-bond donors (Lipinski definition) is 2. The second-order valence-electron chi connectivity index (χ2n) is 6.19. The van der Waals surface area contributed by atoms with Crippen LogP contribution in [-0.2, 0) is 11.3 Å². The maximum atomic E-state index is 13.3. The first-order chi connectivity index (χ1) is 11.0. The molecule has 0 bridgehead atoms. The Morgan fingerprint density at radius 2 is 2.26 bits per heavy atom. The van der Waals surface area contributed by atoms with E-state index in [9.17, 15) is 14.0 Å². The van der Waals surface area contributed by atoms with E-state index in [0.717, 1.165) is 18.4 Å². The van der Waals surface area contributed by atoms with E-state index < -0.39 is 0 Å². The maximum absolute atomic E-state index is 13.3. The molecular weight excluding hydrogens is 297 g/mol. The van der Waals surface area contributed by atoms with Crippen molar-refractivity contribution in [1.29, 1.82) is 0 Å². The summed E-state index contributed by atoms with van der Waals surface area (Å²) in [6.45, 7) is 4.59. The van der Waals surface area contributed by atoms with E-state index in [-0.39, 0.29) is 29.8 Å². The first-order valence-corrected chi connectivity index (χ1v) is 8.04. The zero-order valence-corrected chi connectivity index (χ0v) is 13.6. The Morgan fingerprint density at radius 3 is 2.91 bits per heavy atom. The summed E-state index contributed by atoms with van der Waals surface area (Å²) in [5, 5.41) is 5.74. The molecule has 1 aromatic rings. The monoisotopic (exact) mass is 321 g/mol. The summed E-state index contributed by atoms with van der Waals surface area (Å²) in [4.78, 5) is 25.4. The SMILES string of the molecule is CC(C)N(Cc1cccc(F)c1)C(=O)NC[C@H]1CCCC(=O)N1.